The number of hydrogen-bond acceptors (Lipinski definition) is 3. The molecule has 1 aromatic heterocycles. The van der Waals surface area contributed by atoms with Crippen LogP contribution in [-0.4, -0.2) is 4.98 Å². The number of aryl methyl sites for hydroxylation is 2. The first-order valence-electron chi connectivity index (χ1n) is 5.69. The zero-order chi connectivity index (χ0) is 13.3. The van der Waals surface area contributed by atoms with Crippen LogP contribution >= 0.6 is 22.9 Å². The molecular weight excluding hydrogens is 271 g/mol. The van der Waals surface area contributed by atoms with Crippen molar-refractivity contribution in [2.75, 3.05) is 0 Å². The van der Waals surface area contributed by atoms with Gasteiger partial charge in [-0.1, -0.05) is 24.6 Å². The third kappa shape index (κ3) is 2.55. The molecular formula is C13H14ClFN2S. The first kappa shape index (κ1) is 13.5. The summed E-state index contributed by atoms with van der Waals surface area (Å²) < 4.78 is 13.8. The van der Waals surface area contributed by atoms with Crippen LogP contribution in [0.4, 0.5) is 4.39 Å². The van der Waals surface area contributed by atoms with Gasteiger partial charge in [0.2, 0.25) is 0 Å². The highest BCUT2D eigenvalue weighted by Gasteiger charge is 2.18. The Balaban J connectivity index is 2.37. The molecule has 1 atom stereocenters. The average molecular weight is 285 g/mol. The summed E-state index contributed by atoms with van der Waals surface area (Å²) in [7, 11) is 0. The lowest BCUT2D eigenvalue weighted by molar-refractivity contribution is 0.599. The van der Waals surface area contributed by atoms with E-state index in [-0.39, 0.29) is 5.82 Å². The van der Waals surface area contributed by atoms with Gasteiger partial charge in [-0.3, -0.25) is 0 Å². The van der Waals surface area contributed by atoms with Crippen LogP contribution in [0.25, 0.3) is 0 Å². The number of nitrogens with zero attached hydrogens (tertiary/aromatic N) is 1. The van der Waals surface area contributed by atoms with Gasteiger partial charge in [-0.15, -0.1) is 11.3 Å². The number of halogens is 2. The molecule has 2 nitrogen and oxygen atoms in total. The third-order valence-corrected chi connectivity index (χ3v) is 4.14. The van der Waals surface area contributed by atoms with Gasteiger partial charge in [-0.05, 0) is 25.5 Å². The first-order chi connectivity index (χ1) is 8.52. The van der Waals surface area contributed by atoms with Crippen LogP contribution in [0.1, 0.15) is 34.1 Å². The second-order valence-corrected chi connectivity index (χ2v) is 5.72. The summed E-state index contributed by atoms with van der Waals surface area (Å²) in [6.07, 6.45) is 0.859. The molecule has 18 heavy (non-hydrogen) atoms. The van der Waals surface area contributed by atoms with E-state index in [1.807, 2.05) is 13.8 Å². The standard InChI is InChI=1S/C13H14ClFN2S/c1-3-11-7(2)18-13(17-11)12(16)9-5-4-8(14)6-10(9)15/h4-6,12H,3,16H2,1-2H3. The fourth-order valence-electron chi connectivity index (χ4n) is 1.80. The Morgan fingerprint density at radius 3 is 2.78 bits per heavy atom. The van der Waals surface area contributed by atoms with Gasteiger partial charge < -0.3 is 5.73 Å². The number of hydrogen-bond donors (Lipinski definition) is 1. The molecule has 0 radical (unpaired) electrons. The molecule has 96 valence electrons. The van der Waals surface area contributed by atoms with E-state index in [0.717, 1.165) is 22.0 Å². The van der Waals surface area contributed by atoms with Crippen molar-refractivity contribution in [1.29, 1.82) is 0 Å². The van der Waals surface area contributed by atoms with Gasteiger partial charge in [0.25, 0.3) is 0 Å². The quantitative estimate of drug-likeness (QED) is 0.930. The maximum Gasteiger partial charge on any atom is 0.129 e. The van der Waals surface area contributed by atoms with E-state index >= 15 is 0 Å². The zero-order valence-electron chi connectivity index (χ0n) is 10.2. The average Bonchev–Trinajstić information content (AvgIpc) is 2.70. The van der Waals surface area contributed by atoms with Gasteiger partial charge in [0.1, 0.15) is 10.8 Å². The largest absolute Gasteiger partial charge is 0.318 e. The maximum absolute atomic E-state index is 13.8. The maximum atomic E-state index is 13.8. The monoisotopic (exact) mass is 284 g/mol. The van der Waals surface area contributed by atoms with Crippen LogP contribution in [0.5, 0.6) is 0 Å². The lowest BCUT2D eigenvalue weighted by Crippen LogP contribution is -2.13. The van der Waals surface area contributed by atoms with Crippen LogP contribution in [0.3, 0.4) is 0 Å². The van der Waals surface area contributed by atoms with Crippen LogP contribution in [0.2, 0.25) is 5.02 Å². The normalized spacial score (nSPS) is 12.7. The molecule has 0 bridgehead atoms. The third-order valence-electron chi connectivity index (χ3n) is 2.81. The lowest BCUT2D eigenvalue weighted by atomic mass is 10.1. The number of thiazole rings is 1. The molecule has 5 heteroatoms. The number of benzene rings is 1. The van der Waals surface area contributed by atoms with Crippen molar-refractivity contribution in [1.82, 2.24) is 4.98 Å². The topological polar surface area (TPSA) is 38.9 Å². The van der Waals surface area contributed by atoms with E-state index in [4.69, 9.17) is 17.3 Å². The molecule has 0 aliphatic rings. The van der Waals surface area contributed by atoms with Crippen molar-refractivity contribution in [3.05, 3.63) is 50.2 Å². The molecule has 2 aromatic rings. The van der Waals surface area contributed by atoms with Gasteiger partial charge in [0.05, 0.1) is 11.7 Å². The summed E-state index contributed by atoms with van der Waals surface area (Å²) in [6.45, 7) is 4.05. The molecule has 0 aliphatic carbocycles. The van der Waals surface area contributed by atoms with E-state index in [0.29, 0.717) is 10.6 Å². The highest BCUT2D eigenvalue weighted by molar-refractivity contribution is 7.11. The van der Waals surface area contributed by atoms with Crippen molar-refractivity contribution in [3.63, 3.8) is 0 Å². The van der Waals surface area contributed by atoms with Gasteiger partial charge in [0, 0.05) is 15.5 Å². The molecule has 1 heterocycles. The molecule has 1 unspecified atom stereocenters. The fraction of sp³-hybridized carbons (Fsp3) is 0.308. The second kappa shape index (κ2) is 5.34. The smallest absolute Gasteiger partial charge is 0.129 e. The van der Waals surface area contributed by atoms with Gasteiger partial charge in [-0.25, -0.2) is 9.37 Å². The van der Waals surface area contributed by atoms with Crippen molar-refractivity contribution >= 4 is 22.9 Å². The Bertz CT molecular complexity index is 568. The minimum Gasteiger partial charge on any atom is -0.318 e. The van der Waals surface area contributed by atoms with Crippen molar-refractivity contribution in [2.24, 2.45) is 5.73 Å². The van der Waals surface area contributed by atoms with Crippen LogP contribution in [0, 0.1) is 12.7 Å². The Morgan fingerprint density at radius 2 is 2.22 bits per heavy atom. The summed E-state index contributed by atoms with van der Waals surface area (Å²) in [6, 6.07) is 4.00. The summed E-state index contributed by atoms with van der Waals surface area (Å²) in [5, 5.41) is 1.11. The van der Waals surface area contributed by atoms with Crippen molar-refractivity contribution in [3.8, 4) is 0 Å². The number of nitrogens with two attached hydrogens (primary N) is 1. The Morgan fingerprint density at radius 1 is 1.50 bits per heavy atom. The minimum atomic E-state index is -0.536. The molecule has 2 rings (SSSR count). The van der Waals surface area contributed by atoms with Gasteiger partial charge >= 0.3 is 0 Å². The molecule has 0 saturated heterocycles. The van der Waals surface area contributed by atoms with Gasteiger partial charge in [-0.2, -0.15) is 0 Å². The van der Waals surface area contributed by atoms with E-state index in [9.17, 15) is 4.39 Å². The second-order valence-electron chi connectivity index (χ2n) is 4.05. The molecule has 0 saturated carbocycles. The number of rotatable bonds is 3. The molecule has 1 aromatic carbocycles. The number of aromatic nitrogens is 1. The highest BCUT2D eigenvalue weighted by Crippen LogP contribution is 2.29. The van der Waals surface area contributed by atoms with Gasteiger partial charge in [0.15, 0.2) is 0 Å². The molecule has 0 amide bonds. The SMILES string of the molecule is CCc1nc(C(N)c2ccc(Cl)cc2F)sc1C. The van der Waals surface area contributed by atoms with Crippen LogP contribution in [0.15, 0.2) is 18.2 Å². The zero-order valence-corrected chi connectivity index (χ0v) is 11.8. The summed E-state index contributed by atoms with van der Waals surface area (Å²) in [5.41, 5.74) is 7.52. The first-order valence-corrected chi connectivity index (χ1v) is 6.89. The lowest BCUT2D eigenvalue weighted by Gasteiger charge is -2.10. The Hall–Kier alpha value is -0.970. The van der Waals surface area contributed by atoms with E-state index in [1.54, 1.807) is 12.1 Å². The summed E-state index contributed by atoms with van der Waals surface area (Å²) in [4.78, 5) is 5.60. The fourth-order valence-corrected chi connectivity index (χ4v) is 2.99. The van der Waals surface area contributed by atoms with Crippen LogP contribution < -0.4 is 5.73 Å². The molecule has 0 spiro atoms. The van der Waals surface area contributed by atoms with E-state index < -0.39 is 6.04 Å². The minimum absolute atomic E-state index is 0.369. The summed E-state index contributed by atoms with van der Waals surface area (Å²) in [5.74, 6) is -0.388. The highest BCUT2D eigenvalue weighted by atomic mass is 35.5. The van der Waals surface area contributed by atoms with Crippen LogP contribution in [-0.2, 0) is 6.42 Å². The molecule has 0 aliphatic heterocycles. The Labute approximate surface area is 115 Å². The van der Waals surface area contributed by atoms with E-state index in [1.165, 1.54) is 17.4 Å². The van der Waals surface area contributed by atoms with Crippen molar-refractivity contribution < 1.29 is 4.39 Å². The summed E-state index contributed by atoms with van der Waals surface area (Å²) >= 11 is 7.24. The predicted molar refractivity (Wildman–Crippen MR) is 73.7 cm³/mol. The van der Waals surface area contributed by atoms with Crippen molar-refractivity contribution in [2.45, 2.75) is 26.3 Å². The Kier molecular flexibility index (Phi) is 4.00. The molecule has 2 N–H and O–H groups in total. The van der Waals surface area contributed by atoms with E-state index in [2.05, 4.69) is 4.98 Å². The predicted octanol–water partition coefficient (Wildman–Crippen LogP) is 3.85. The molecule has 0 fully saturated rings.